The average Bonchev–Trinajstić information content (AvgIpc) is 2.19. The second kappa shape index (κ2) is 6.51. The Morgan fingerprint density at radius 2 is 2.00 bits per heavy atom. The molecule has 0 bridgehead atoms. The molecule has 13 heavy (non-hydrogen) atoms. The summed E-state index contributed by atoms with van der Waals surface area (Å²) in [6.07, 6.45) is 1.16. The molecule has 0 aliphatic rings. The summed E-state index contributed by atoms with van der Waals surface area (Å²) in [6.45, 7) is 0.652. The van der Waals surface area contributed by atoms with Crippen molar-refractivity contribution in [1.29, 1.82) is 0 Å². The SMILES string of the molecule is NCc1ccccc1C[CH2][Sn+2][CH]=S. The molecule has 66 valence electrons. The zero-order valence-electron chi connectivity index (χ0n) is 7.49. The summed E-state index contributed by atoms with van der Waals surface area (Å²) >= 11 is 4.51. The van der Waals surface area contributed by atoms with Crippen molar-refractivity contribution in [2.24, 2.45) is 5.73 Å². The van der Waals surface area contributed by atoms with Crippen LogP contribution in [0.15, 0.2) is 24.3 Å². The Labute approximate surface area is 94.9 Å². The summed E-state index contributed by atoms with van der Waals surface area (Å²) in [5.74, 6) is 0. The monoisotopic (exact) mass is 299 g/mol. The number of benzene rings is 1. The van der Waals surface area contributed by atoms with Crippen molar-refractivity contribution >= 4 is 36.7 Å². The van der Waals surface area contributed by atoms with Gasteiger partial charge in [0.15, 0.2) is 0 Å². The van der Waals surface area contributed by atoms with Crippen LogP contribution < -0.4 is 5.73 Å². The van der Waals surface area contributed by atoms with E-state index in [1.165, 1.54) is 15.6 Å². The molecule has 0 aliphatic carbocycles. The Balaban J connectivity index is 2.58. The first-order chi connectivity index (χ1) is 6.38. The van der Waals surface area contributed by atoms with Gasteiger partial charge in [0.05, 0.1) is 0 Å². The predicted molar refractivity (Wildman–Crippen MR) is 62.3 cm³/mol. The van der Waals surface area contributed by atoms with E-state index in [-0.39, 0.29) is 21.1 Å². The molecule has 0 saturated heterocycles. The van der Waals surface area contributed by atoms with Crippen LogP contribution in [0.2, 0.25) is 4.44 Å². The predicted octanol–water partition coefficient (Wildman–Crippen LogP) is 1.77. The number of thiocarbonyl (C=S) groups is 1. The Bertz CT molecular complexity index is 275. The Morgan fingerprint density at radius 1 is 1.31 bits per heavy atom. The van der Waals surface area contributed by atoms with Gasteiger partial charge in [0.1, 0.15) is 0 Å². The summed E-state index contributed by atoms with van der Waals surface area (Å²) in [5, 5.41) is 0. The molecule has 0 radical (unpaired) electrons. The Hall–Kier alpha value is 0.0687. The maximum absolute atomic E-state index is 5.64. The topological polar surface area (TPSA) is 26.0 Å². The first kappa shape index (κ1) is 11.1. The van der Waals surface area contributed by atoms with Gasteiger partial charge in [-0.3, -0.25) is 0 Å². The van der Waals surface area contributed by atoms with Crippen LogP contribution in [0, 0.1) is 0 Å². The van der Waals surface area contributed by atoms with E-state index in [0.29, 0.717) is 6.54 Å². The van der Waals surface area contributed by atoms with Gasteiger partial charge < -0.3 is 0 Å². The van der Waals surface area contributed by atoms with Gasteiger partial charge in [-0.1, -0.05) is 0 Å². The molecule has 0 aliphatic heterocycles. The van der Waals surface area contributed by atoms with E-state index in [9.17, 15) is 0 Å². The molecule has 0 aromatic heterocycles. The molecule has 0 amide bonds. The molecule has 1 aromatic carbocycles. The van der Waals surface area contributed by atoms with Gasteiger partial charge in [0.25, 0.3) is 0 Å². The van der Waals surface area contributed by atoms with Crippen molar-refractivity contribution in [2.75, 3.05) is 0 Å². The molecule has 1 rings (SSSR count). The van der Waals surface area contributed by atoms with E-state index in [0.717, 1.165) is 6.42 Å². The van der Waals surface area contributed by atoms with Gasteiger partial charge >= 0.3 is 95.3 Å². The van der Waals surface area contributed by atoms with E-state index in [1.807, 2.05) is 9.45 Å². The van der Waals surface area contributed by atoms with Crippen LogP contribution in [-0.2, 0) is 13.0 Å². The van der Waals surface area contributed by atoms with Gasteiger partial charge in [-0.25, -0.2) is 0 Å². The fourth-order valence-corrected chi connectivity index (χ4v) is 3.57. The molecule has 2 N–H and O–H groups in total. The van der Waals surface area contributed by atoms with Crippen LogP contribution in [0.25, 0.3) is 0 Å². The van der Waals surface area contributed by atoms with E-state index >= 15 is 0 Å². The van der Waals surface area contributed by atoms with Gasteiger partial charge in [-0.05, 0) is 0 Å². The summed E-state index contributed by atoms with van der Waals surface area (Å²) in [5.41, 5.74) is 8.33. The first-order valence-corrected chi connectivity index (χ1v) is 8.46. The number of rotatable bonds is 5. The quantitative estimate of drug-likeness (QED) is 0.509. The fourth-order valence-electron chi connectivity index (χ4n) is 1.27. The number of hydrogen-bond acceptors (Lipinski definition) is 2. The maximum atomic E-state index is 5.64. The van der Waals surface area contributed by atoms with E-state index in [2.05, 4.69) is 18.2 Å². The van der Waals surface area contributed by atoms with Crippen LogP contribution in [0.4, 0.5) is 0 Å². The van der Waals surface area contributed by atoms with Crippen LogP contribution >= 0.6 is 12.2 Å². The summed E-state index contributed by atoms with van der Waals surface area (Å²) < 4.78 is 3.26. The van der Waals surface area contributed by atoms with Gasteiger partial charge in [0, 0.05) is 0 Å². The third kappa shape index (κ3) is 3.75. The second-order valence-electron chi connectivity index (χ2n) is 2.79. The Morgan fingerprint density at radius 3 is 2.62 bits per heavy atom. The minimum absolute atomic E-state index is 0.344. The van der Waals surface area contributed by atoms with Crippen molar-refractivity contribution in [3.63, 3.8) is 0 Å². The molecule has 0 unspecified atom stereocenters. The molecular weight excluding hydrogens is 285 g/mol. The average molecular weight is 298 g/mol. The summed E-state index contributed by atoms with van der Waals surface area (Å²) in [7, 11) is 0. The van der Waals surface area contributed by atoms with Crippen LogP contribution in [-0.4, -0.2) is 24.5 Å². The third-order valence-corrected chi connectivity index (χ3v) is 5.09. The number of nitrogens with two attached hydrogens (primary N) is 1. The van der Waals surface area contributed by atoms with E-state index in [1.54, 1.807) is 0 Å². The molecule has 0 atom stereocenters. The first-order valence-electron chi connectivity index (χ1n) is 4.32. The van der Waals surface area contributed by atoms with Crippen molar-refractivity contribution in [1.82, 2.24) is 0 Å². The van der Waals surface area contributed by atoms with Crippen molar-refractivity contribution in [3.05, 3.63) is 35.4 Å². The van der Waals surface area contributed by atoms with Gasteiger partial charge in [-0.2, -0.15) is 0 Å². The molecular formula is C10H13NSSn+2. The van der Waals surface area contributed by atoms with Crippen LogP contribution in [0.1, 0.15) is 11.1 Å². The van der Waals surface area contributed by atoms with E-state index in [4.69, 9.17) is 18.0 Å². The van der Waals surface area contributed by atoms with Crippen molar-refractivity contribution in [2.45, 2.75) is 17.4 Å². The van der Waals surface area contributed by atoms with Crippen LogP contribution in [0.5, 0.6) is 0 Å². The third-order valence-electron chi connectivity index (χ3n) is 1.96. The number of hydrogen-bond donors (Lipinski definition) is 1. The zero-order valence-corrected chi connectivity index (χ0v) is 11.2. The minimum atomic E-state index is -0.344. The fraction of sp³-hybridized carbons (Fsp3) is 0.300. The normalized spacial score (nSPS) is 9.31. The standard InChI is InChI=1S/C9H12N.CHS.Sn/c1-2-8-5-3-4-6-9(8)7-10;1-2;/h3-6H,1-2,7,10H2;1H;/q;;+2. The van der Waals surface area contributed by atoms with Gasteiger partial charge in [-0.15, -0.1) is 0 Å². The summed E-state index contributed by atoms with van der Waals surface area (Å²) in [4.78, 5) is 0. The second-order valence-corrected chi connectivity index (χ2v) is 7.64. The van der Waals surface area contributed by atoms with Crippen molar-refractivity contribution < 1.29 is 0 Å². The molecule has 1 nitrogen and oxygen atoms in total. The molecule has 0 heterocycles. The molecule has 1 aromatic rings. The molecule has 0 fully saturated rings. The molecule has 0 saturated carbocycles. The van der Waals surface area contributed by atoms with E-state index < -0.39 is 0 Å². The molecule has 0 spiro atoms. The van der Waals surface area contributed by atoms with Gasteiger partial charge in [0.2, 0.25) is 0 Å². The number of aryl methyl sites for hydroxylation is 1. The summed E-state index contributed by atoms with van der Waals surface area (Å²) in [6, 6.07) is 8.41. The van der Waals surface area contributed by atoms with Crippen LogP contribution in [0.3, 0.4) is 0 Å². The van der Waals surface area contributed by atoms with Crippen molar-refractivity contribution in [3.8, 4) is 0 Å². The zero-order chi connectivity index (χ0) is 9.52. The molecule has 3 heteroatoms. The Kier molecular flexibility index (Phi) is 5.58.